The van der Waals surface area contributed by atoms with E-state index < -0.39 is 0 Å². The van der Waals surface area contributed by atoms with Crippen molar-refractivity contribution < 1.29 is 9.47 Å². The van der Waals surface area contributed by atoms with Gasteiger partial charge in [0.15, 0.2) is 11.5 Å². The van der Waals surface area contributed by atoms with Crippen LogP contribution in [-0.2, 0) is 0 Å². The molecule has 0 radical (unpaired) electrons. The predicted octanol–water partition coefficient (Wildman–Crippen LogP) is 2.70. The van der Waals surface area contributed by atoms with Crippen LogP contribution in [0.4, 0.5) is 0 Å². The van der Waals surface area contributed by atoms with Crippen LogP contribution in [0.3, 0.4) is 0 Å². The molecule has 0 aliphatic rings. The third kappa shape index (κ3) is 2.33. The first-order chi connectivity index (χ1) is 9.53. The van der Waals surface area contributed by atoms with E-state index in [-0.39, 0.29) is 6.04 Å². The largest absolute Gasteiger partial charge is 0.493 e. The number of hydrogen-bond acceptors (Lipinski definition) is 4. The van der Waals surface area contributed by atoms with Gasteiger partial charge in [0.25, 0.3) is 0 Å². The lowest BCUT2D eigenvalue weighted by molar-refractivity contribution is 0.355. The van der Waals surface area contributed by atoms with Crippen LogP contribution in [-0.4, -0.2) is 30.3 Å². The highest BCUT2D eigenvalue weighted by Gasteiger charge is 2.19. The first-order valence-electron chi connectivity index (χ1n) is 6.87. The normalized spacial score (nSPS) is 12.9. The van der Waals surface area contributed by atoms with Crippen molar-refractivity contribution in [2.24, 2.45) is 5.73 Å². The molecule has 0 amide bonds. The molecular weight excluding hydrogens is 254 g/mol. The molecular formula is C15H23N3O2. The van der Waals surface area contributed by atoms with E-state index in [1.165, 1.54) is 0 Å². The van der Waals surface area contributed by atoms with Crippen molar-refractivity contribution in [2.45, 2.75) is 32.7 Å². The lowest BCUT2D eigenvalue weighted by Gasteiger charge is -2.18. The molecule has 20 heavy (non-hydrogen) atoms. The van der Waals surface area contributed by atoms with Crippen molar-refractivity contribution in [2.75, 3.05) is 20.8 Å². The van der Waals surface area contributed by atoms with Gasteiger partial charge in [0.05, 0.1) is 25.3 Å². The Morgan fingerprint density at radius 2 is 1.75 bits per heavy atom. The van der Waals surface area contributed by atoms with E-state index in [4.69, 9.17) is 20.2 Å². The van der Waals surface area contributed by atoms with Crippen LogP contribution < -0.4 is 15.2 Å². The van der Waals surface area contributed by atoms with Crippen molar-refractivity contribution >= 4 is 11.0 Å². The van der Waals surface area contributed by atoms with Crippen LogP contribution in [0.5, 0.6) is 11.5 Å². The molecule has 1 aromatic heterocycles. The standard InChI is InChI=1S/C15H23N3O2/c1-9(2)15-17-11-6-13(19-4)14(20-5)7-12(11)18(15)10(3)8-16/h6-7,9-10H,8,16H2,1-5H3. The summed E-state index contributed by atoms with van der Waals surface area (Å²) in [5, 5.41) is 0. The Hall–Kier alpha value is -1.75. The van der Waals surface area contributed by atoms with Gasteiger partial charge >= 0.3 is 0 Å². The summed E-state index contributed by atoms with van der Waals surface area (Å²) in [5.41, 5.74) is 7.79. The van der Waals surface area contributed by atoms with Gasteiger partial charge in [0, 0.05) is 30.6 Å². The fourth-order valence-corrected chi connectivity index (χ4v) is 2.42. The van der Waals surface area contributed by atoms with Gasteiger partial charge in [-0.15, -0.1) is 0 Å². The molecule has 0 saturated heterocycles. The number of hydrogen-bond donors (Lipinski definition) is 1. The van der Waals surface area contributed by atoms with Crippen molar-refractivity contribution in [1.82, 2.24) is 9.55 Å². The summed E-state index contributed by atoms with van der Waals surface area (Å²) in [4.78, 5) is 4.74. The summed E-state index contributed by atoms with van der Waals surface area (Å²) in [6.07, 6.45) is 0. The Balaban J connectivity index is 2.75. The number of methoxy groups -OCH3 is 2. The summed E-state index contributed by atoms with van der Waals surface area (Å²) in [5.74, 6) is 2.77. The van der Waals surface area contributed by atoms with Crippen LogP contribution in [0, 0.1) is 0 Å². The summed E-state index contributed by atoms with van der Waals surface area (Å²) in [6, 6.07) is 4.08. The minimum Gasteiger partial charge on any atom is -0.493 e. The third-order valence-electron chi connectivity index (χ3n) is 3.52. The number of fused-ring (bicyclic) bond motifs is 1. The molecule has 5 heteroatoms. The fourth-order valence-electron chi connectivity index (χ4n) is 2.42. The van der Waals surface area contributed by atoms with E-state index >= 15 is 0 Å². The van der Waals surface area contributed by atoms with Gasteiger partial charge in [-0.1, -0.05) is 13.8 Å². The average Bonchev–Trinajstić information content (AvgIpc) is 2.83. The topological polar surface area (TPSA) is 62.3 Å². The van der Waals surface area contributed by atoms with E-state index in [1.807, 2.05) is 12.1 Å². The van der Waals surface area contributed by atoms with Gasteiger partial charge in [0.2, 0.25) is 0 Å². The maximum Gasteiger partial charge on any atom is 0.163 e. The Labute approximate surface area is 119 Å². The van der Waals surface area contributed by atoms with E-state index in [9.17, 15) is 0 Å². The van der Waals surface area contributed by atoms with Crippen LogP contribution in [0.25, 0.3) is 11.0 Å². The van der Waals surface area contributed by atoms with Crippen LogP contribution >= 0.6 is 0 Å². The molecule has 1 unspecified atom stereocenters. The second-order valence-electron chi connectivity index (χ2n) is 5.28. The Morgan fingerprint density at radius 3 is 2.25 bits per heavy atom. The lowest BCUT2D eigenvalue weighted by Crippen LogP contribution is -2.18. The quantitative estimate of drug-likeness (QED) is 0.912. The number of nitrogens with two attached hydrogens (primary N) is 1. The van der Waals surface area contributed by atoms with Crippen molar-refractivity contribution in [3.63, 3.8) is 0 Å². The zero-order chi connectivity index (χ0) is 14.9. The van der Waals surface area contributed by atoms with E-state index in [1.54, 1.807) is 14.2 Å². The van der Waals surface area contributed by atoms with Crippen LogP contribution in [0.15, 0.2) is 12.1 Å². The van der Waals surface area contributed by atoms with Gasteiger partial charge in [-0.05, 0) is 6.92 Å². The first kappa shape index (κ1) is 14.7. The molecule has 110 valence electrons. The second-order valence-corrected chi connectivity index (χ2v) is 5.28. The number of benzene rings is 1. The van der Waals surface area contributed by atoms with Gasteiger partial charge in [-0.25, -0.2) is 4.98 Å². The molecule has 0 aliphatic heterocycles. The molecule has 0 aliphatic carbocycles. The highest BCUT2D eigenvalue weighted by Crippen LogP contribution is 2.34. The van der Waals surface area contributed by atoms with Gasteiger partial charge in [-0.3, -0.25) is 0 Å². The fraction of sp³-hybridized carbons (Fsp3) is 0.533. The number of aromatic nitrogens is 2. The van der Waals surface area contributed by atoms with Crippen molar-refractivity contribution in [1.29, 1.82) is 0 Å². The molecule has 0 bridgehead atoms. The van der Waals surface area contributed by atoms with E-state index in [0.717, 1.165) is 16.9 Å². The van der Waals surface area contributed by atoms with E-state index in [2.05, 4.69) is 25.3 Å². The molecule has 0 fully saturated rings. The highest BCUT2D eigenvalue weighted by molar-refractivity contribution is 5.81. The van der Waals surface area contributed by atoms with Crippen LogP contribution in [0.1, 0.15) is 38.6 Å². The monoisotopic (exact) mass is 277 g/mol. The minimum atomic E-state index is 0.190. The zero-order valence-corrected chi connectivity index (χ0v) is 12.8. The first-order valence-corrected chi connectivity index (χ1v) is 6.87. The Bertz CT molecular complexity index is 605. The number of nitrogens with zero attached hydrogens (tertiary/aromatic N) is 2. The summed E-state index contributed by atoms with van der Waals surface area (Å²) < 4.78 is 12.9. The Morgan fingerprint density at radius 1 is 1.15 bits per heavy atom. The van der Waals surface area contributed by atoms with E-state index in [0.29, 0.717) is 24.0 Å². The molecule has 5 nitrogen and oxygen atoms in total. The molecule has 0 spiro atoms. The van der Waals surface area contributed by atoms with Gasteiger partial charge in [0.1, 0.15) is 5.82 Å². The number of rotatable bonds is 5. The summed E-state index contributed by atoms with van der Waals surface area (Å²) in [6.45, 7) is 6.94. The Kier molecular flexibility index (Phi) is 4.18. The predicted molar refractivity (Wildman–Crippen MR) is 80.7 cm³/mol. The molecule has 1 heterocycles. The number of ether oxygens (including phenoxy) is 2. The summed E-state index contributed by atoms with van der Waals surface area (Å²) >= 11 is 0. The SMILES string of the molecule is COc1cc2nc(C(C)C)n(C(C)CN)c2cc1OC. The van der Waals surface area contributed by atoms with Gasteiger partial charge in [-0.2, -0.15) is 0 Å². The lowest BCUT2D eigenvalue weighted by atomic mass is 10.2. The molecule has 0 saturated carbocycles. The molecule has 2 N–H and O–H groups in total. The maximum atomic E-state index is 5.85. The maximum absolute atomic E-state index is 5.85. The summed E-state index contributed by atoms with van der Waals surface area (Å²) in [7, 11) is 3.27. The molecule has 2 rings (SSSR count). The molecule has 1 atom stereocenters. The smallest absolute Gasteiger partial charge is 0.163 e. The van der Waals surface area contributed by atoms with Crippen molar-refractivity contribution in [3.05, 3.63) is 18.0 Å². The van der Waals surface area contributed by atoms with Crippen molar-refractivity contribution in [3.8, 4) is 11.5 Å². The molecule has 1 aromatic carbocycles. The number of imidazole rings is 1. The third-order valence-corrected chi connectivity index (χ3v) is 3.52. The van der Waals surface area contributed by atoms with Gasteiger partial charge < -0.3 is 19.8 Å². The zero-order valence-electron chi connectivity index (χ0n) is 12.8. The minimum absolute atomic E-state index is 0.190. The second kappa shape index (κ2) is 5.71. The highest BCUT2D eigenvalue weighted by atomic mass is 16.5. The molecule has 2 aromatic rings. The average molecular weight is 277 g/mol. The van der Waals surface area contributed by atoms with Crippen LogP contribution in [0.2, 0.25) is 0 Å².